The van der Waals surface area contributed by atoms with Crippen LogP contribution in [-0.2, 0) is 0 Å². The van der Waals surface area contributed by atoms with Crippen molar-refractivity contribution in [2.45, 2.75) is 26.2 Å². The highest BCUT2D eigenvalue weighted by Crippen LogP contribution is 2.21. The number of alkyl halides is 1. The van der Waals surface area contributed by atoms with Crippen molar-refractivity contribution >= 4 is 17.3 Å². The molecule has 1 atom stereocenters. The van der Waals surface area contributed by atoms with E-state index in [4.69, 9.17) is 11.6 Å². The van der Waals surface area contributed by atoms with E-state index < -0.39 is 0 Å². The lowest BCUT2D eigenvalue weighted by atomic mass is 9.98. The van der Waals surface area contributed by atoms with Gasteiger partial charge in [-0.05, 0) is 30.0 Å². The molecule has 15 heavy (non-hydrogen) atoms. The van der Waals surface area contributed by atoms with Crippen LogP contribution >= 0.6 is 11.6 Å². The first-order valence-electron chi connectivity index (χ1n) is 5.56. The molecule has 0 fully saturated rings. The van der Waals surface area contributed by atoms with Gasteiger partial charge in [0, 0.05) is 25.2 Å². The van der Waals surface area contributed by atoms with Gasteiger partial charge in [0.25, 0.3) is 0 Å². The fourth-order valence-electron chi connectivity index (χ4n) is 1.55. The van der Waals surface area contributed by atoms with E-state index in [-0.39, 0.29) is 0 Å². The first kappa shape index (κ1) is 12.4. The highest BCUT2D eigenvalue weighted by atomic mass is 35.5. The minimum atomic E-state index is 0.650. The number of anilines is 1. The summed E-state index contributed by atoms with van der Waals surface area (Å²) in [5.41, 5.74) is 2.66. The van der Waals surface area contributed by atoms with Crippen LogP contribution in [-0.4, -0.2) is 19.5 Å². The van der Waals surface area contributed by atoms with E-state index in [1.165, 1.54) is 17.7 Å². The second kappa shape index (κ2) is 6.02. The predicted molar refractivity (Wildman–Crippen MR) is 69.1 cm³/mol. The summed E-state index contributed by atoms with van der Waals surface area (Å²) in [5.74, 6) is 1.32. The summed E-state index contributed by atoms with van der Waals surface area (Å²) in [4.78, 5) is 2.17. The second-order valence-corrected chi connectivity index (χ2v) is 4.39. The van der Waals surface area contributed by atoms with E-state index in [9.17, 15) is 0 Å². The molecule has 0 aromatic heterocycles. The molecule has 0 radical (unpaired) electrons. The molecule has 0 N–H and O–H groups in total. The molecule has 1 nitrogen and oxygen atoms in total. The van der Waals surface area contributed by atoms with Crippen LogP contribution < -0.4 is 4.90 Å². The molecule has 0 heterocycles. The number of nitrogens with zero attached hydrogens (tertiary/aromatic N) is 1. The zero-order valence-corrected chi connectivity index (χ0v) is 10.6. The maximum Gasteiger partial charge on any atom is 0.0399 e. The molecule has 0 bridgehead atoms. The van der Waals surface area contributed by atoms with Gasteiger partial charge in [0.2, 0.25) is 0 Å². The Labute approximate surface area is 98.0 Å². The third-order valence-electron chi connectivity index (χ3n) is 2.94. The topological polar surface area (TPSA) is 3.24 Å². The van der Waals surface area contributed by atoms with Crippen molar-refractivity contribution in [2.75, 3.05) is 24.4 Å². The largest absolute Gasteiger partial charge is 0.373 e. The average molecular weight is 226 g/mol. The van der Waals surface area contributed by atoms with Gasteiger partial charge in [0.15, 0.2) is 0 Å². The molecule has 2 heteroatoms. The molecule has 0 saturated carbocycles. The Kier molecular flexibility index (Phi) is 4.97. The van der Waals surface area contributed by atoms with Gasteiger partial charge in [0.05, 0.1) is 0 Å². The molecular formula is C13H20ClN. The summed E-state index contributed by atoms with van der Waals surface area (Å²) in [6.07, 6.45) is 1.19. The van der Waals surface area contributed by atoms with Crippen molar-refractivity contribution in [3.05, 3.63) is 29.8 Å². The third kappa shape index (κ3) is 3.42. The summed E-state index contributed by atoms with van der Waals surface area (Å²) in [6.45, 7) is 5.37. The number of hydrogen-bond donors (Lipinski definition) is 0. The average Bonchev–Trinajstić information content (AvgIpc) is 2.28. The fourth-order valence-corrected chi connectivity index (χ4v) is 1.80. The molecule has 0 spiro atoms. The molecule has 0 saturated heterocycles. The number of benzene rings is 1. The van der Waals surface area contributed by atoms with Crippen LogP contribution in [0, 0.1) is 0 Å². The van der Waals surface area contributed by atoms with Gasteiger partial charge in [-0.25, -0.2) is 0 Å². The quantitative estimate of drug-likeness (QED) is 0.688. The lowest BCUT2D eigenvalue weighted by Gasteiger charge is -2.18. The Morgan fingerprint density at radius 2 is 1.87 bits per heavy atom. The summed E-state index contributed by atoms with van der Waals surface area (Å²) < 4.78 is 0. The smallest absolute Gasteiger partial charge is 0.0399 e. The Morgan fingerprint density at radius 3 is 2.33 bits per heavy atom. The number of halogens is 1. The van der Waals surface area contributed by atoms with E-state index in [2.05, 4.69) is 50.1 Å². The molecule has 0 aliphatic carbocycles. The fraction of sp³-hybridized carbons (Fsp3) is 0.538. The van der Waals surface area contributed by atoms with Gasteiger partial charge >= 0.3 is 0 Å². The van der Waals surface area contributed by atoms with Gasteiger partial charge in [-0.3, -0.25) is 0 Å². The van der Waals surface area contributed by atoms with E-state index in [0.717, 1.165) is 6.54 Å². The van der Waals surface area contributed by atoms with E-state index in [1.54, 1.807) is 0 Å². The third-order valence-corrected chi connectivity index (χ3v) is 3.10. The number of hydrogen-bond acceptors (Lipinski definition) is 1. The van der Waals surface area contributed by atoms with Crippen molar-refractivity contribution in [1.82, 2.24) is 0 Å². The van der Waals surface area contributed by atoms with Crippen molar-refractivity contribution in [2.24, 2.45) is 0 Å². The van der Waals surface area contributed by atoms with E-state index in [1.807, 2.05) is 0 Å². The molecule has 0 aliphatic heterocycles. The molecule has 1 aromatic carbocycles. The minimum Gasteiger partial charge on any atom is -0.373 e. The van der Waals surface area contributed by atoms with Crippen LogP contribution in [0.4, 0.5) is 5.69 Å². The molecule has 0 amide bonds. The van der Waals surface area contributed by atoms with Crippen molar-refractivity contribution < 1.29 is 0 Å². The number of rotatable bonds is 5. The summed E-state index contributed by atoms with van der Waals surface area (Å²) in [6, 6.07) is 8.78. The van der Waals surface area contributed by atoms with Crippen LogP contribution in [0.25, 0.3) is 0 Å². The Bertz CT molecular complexity index is 281. The van der Waals surface area contributed by atoms with Gasteiger partial charge in [-0.2, -0.15) is 0 Å². The molecular weight excluding hydrogens is 206 g/mol. The lowest BCUT2D eigenvalue weighted by Crippen LogP contribution is -2.19. The van der Waals surface area contributed by atoms with Crippen LogP contribution in [0.5, 0.6) is 0 Å². The normalized spacial score (nSPS) is 12.5. The van der Waals surface area contributed by atoms with Gasteiger partial charge in [-0.1, -0.05) is 26.0 Å². The molecule has 0 aliphatic rings. The van der Waals surface area contributed by atoms with Crippen molar-refractivity contribution in [1.29, 1.82) is 0 Å². The minimum absolute atomic E-state index is 0.650. The SMILES string of the molecule is CCC(C)c1ccc(N(C)CCCl)cc1. The lowest BCUT2D eigenvalue weighted by molar-refractivity contribution is 0.733. The van der Waals surface area contributed by atoms with Gasteiger partial charge in [0.1, 0.15) is 0 Å². The Morgan fingerprint density at radius 1 is 1.27 bits per heavy atom. The summed E-state index contributed by atoms with van der Waals surface area (Å²) in [7, 11) is 2.07. The summed E-state index contributed by atoms with van der Waals surface area (Å²) in [5, 5.41) is 0. The molecule has 84 valence electrons. The van der Waals surface area contributed by atoms with Crippen LogP contribution in [0.2, 0.25) is 0 Å². The maximum absolute atomic E-state index is 5.71. The monoisotopic (exact) mass is 225 g/mol. The summed E-state index contributed by atoms with van der Waals surface area (Å²) >= 11 is 5.71. The van der Waals surface area contributed by atoms with Crippen molar-refractivity contribution in [3.8, 4) is 0 Å². The first-order chi connectivity index (χ1) is 7.19. The molecule has 1 rings (SSSR count). The van der Waals surface area contributed by atoms with Crippen LogP contribution in [0.1, 0.15) is 31.7 Å². The van der Waals surface area contributed by atoms with Crippen molar-refractivity contribution in [3.63, 3.8) is 0 Å². The van der Waals surface area contributed by atoms with Gasteiger partial charge in [-0.15, -0.1) is 11.6 Å². The Hall–Kier alpha value is -0.690. The first-order valence-corrected chi connectivity index (χ1v) is 6.09. The predicted octanol–water partition coefficient (Wildman–Crippen LogP) is 3.88. The van der Waals surface area contributed by atoms with E-state index in [0.29, 0.717) is 11.8 Å². The maximum atomic E-state index is 5.71. The van der Waals surface area contributed by atoms with Crippen LogP contribution in [0.15, 0.2) is 24.3 Å². The molecule has 1 unspecified atom stereocenters. The zero-order chi connectivity index (χ0) is 11.3. The standard InChI is InChI=1S/C13H20ClN/c1-4-11(2)12-5-7-13(8-6-12)15(3)10-9-14/h5-8,11H,4,9-10H2,1-3H3. The van der Waals surface area contributed by atoms with E-state index >= 15 is 0 Å². The Balaban J connectivity index is 2.71. The second-order valence-electron chi connectivity index (χ2n) is 4.01. The molecule has 1 aromatic rings. The van der Waals surface area contributed by atoms with Gasteiger partial charge < -0.3 is 4.90 Å². The van der Waals surface area contributed by atoms with Crippen LogP contribution in [0.3, 0.4) is 0 Å². The zero-order valence-electron chi connectivity index (χ0n) is 9.83. The highest BCUT2D eigenvalue weighted by Gasteiger charge is 2.04. The highest BCUT2D eigenvalue weighted by molar-refractivity contribution is 6.18.